The molecule has 8 heteroatoms. The van der Waals surface area contributed by atoms with Crippen molar-refractivity contribution in [1.82, 2.24) is 15.5 Å². The molecule has 0 bridgehead atoms. The zero-order valence-electron chi connectivity index (χ0n) is 24.0. The Morgan fingerprint density at radius 3 is 2.54 bits per heavy atom. The molecule has 0 aromatic heterocycles. The highest BCUT2D eigenvalue weighted by molar-refractivity contribution is 5.94. The predicted molar refractivity (Wildman–Crippen MR) is 156 cm³/mol. The molecule has 0 radical (unpaired) electrons. The Bertz CT molecular complexity index is 1380. The fourth-order valence-corrected chi connectivity index (χ4v) is 5.87. The average Bonchev–Trinajstić information content (AvgIpc) is 2.96. The SMILES string of the molecule is CNCc1ccc(C(=O)N2CCCC(C(O)(CCCNC(C)=O)c3cccc(F)c3-c3cc(C)ccc3F)C2)cc1. The molecule has 1 aliphatic heterocycles. The van der Waals surface area contributed by atoms with Crippen molar-refractivity contribution in [3.63, 3.8) is 0 Å². The molecule has 2 unspecified atom stereocenters. The number of carbonyl (C=O) groups excluding carboxylic acids is 2. The first kappa shape index (κ1) is 30.3. The number of aryl methyl sites for hydroxylation is 1. The van der Waals surface area contributed by atoms with Crippen molar-refractivity contribution in [3.8, 4) is 11.1 Å². The summed E-state index contributed by atoms with van der Waals surface area (Å²) >= 11 is 0. The minimum atomic E-state index is -1.58. The summed E-state index contributed by atoms with van der Waals surface area (Å²) < 4.78 is 30.7. The van der Waals surface area contributed by atoms with E-state index in [0.717, 1.165) is 11.1 Å². The minimum absolute atomic E-state index is 0.0271. The van der Waals surface area contributed by atoms with Crippen LogP contribution in [0.4, 0.5) is 8.78 Å². The zero-order valence-corrected chi connectivity index (χ0v) is 24.0. The third kappa shape index (κ3) is 7.00. The molecule has 0 saturated carbocycles. The number of nitrogens with one attached hydrogen (secondary N) is 2. The molecular formula is C33H39F2N3O3. The van der Waals surface area contributed by atoms with Gasteiger partial charge in [-0.15, -0.1) is 0 Å². The van der Waals surface area contributed by atoms with E-state index in [4.69, 9.17) is 0 Å². The highest BCUT2D eigenvalue weighted by atomic mass is 19.1. The summed E-state index contributed by atoms with van der Waals surface area (Å²) in [6, 6.07) is 16.4. The number of likely N-dealkylation sites (tertiary alicyclic amines) is 1. The molecule has 3 aromatic rings. The highest BCUT2D eigenvalue weighted by Gasteiger charge is 2.43. The lowest BCUT2D eigenvalue weighted by atomic mass is 9.72. The number of hydrogen-bond donors (Lipinski definition) is 3. The van der Waals surface area contributed by atoms with Crippen LogP contribution >= 0.6 is 0 Å². The number of amides is 2. The Hall–Kier alpha value is -3.62. The fraction of sp³-hybridized carbons (Fsp3) is 0.394. The quantitative estimate of drug-likeness (QED) is 0.292. The van der Waals surface area contributed by atoms with Crippen molar-refractivity contribution >= 4 is 11.8 Å². The molecule has 0 aliphatic carbocycles. The molecule has 1 heterocycles. The van der Waals surface area contributed by atoms with Gasteiger partial charge >= 0.3 is 0 Å². The van der Waals surface area contributed by atoms with E-state index in [1.165, 1.54) is 25.1 Å². The molecule has 2 atom stereocenters. The molecule has 3 aromatic carbocycles. The standard InChI is InChI=1S/C33H39F2N3O3/c1-22-10-15-29(34)27(19-22)31-28(8-4-9-30(31)35)33(41,16-6-17-37-23(2)39)26-7-5-18-38(21-26)32(40)25-13-11-24(12-14-25)20-36-3/h4,8-15,19,26,36,41H,5-7,16-18,20-21H2,1-3H3,(H,37,39). The molecule has 2 amide bonds. The second-order valence-electron chi connectivity index (χ2n) is 11.0. The van der Waals surface area contributed by atoms with Crippen LogP contribution in [0.15, 0.2) is 60.7 Å². The Kier molecular flexibility index (Phi) is 9.89. The summed E-state index contributed by atoms with van der Waals surface area (Å²) in [6.07, 6.45) is 1.88. The van der Waals surface area contributed by atoms with E-state index in [0.29, 0.717) is 50.0 Å². The number of aliphatic hydroxyl groups is 1. The van der Waals surface area contributed by atoms with Gasteiger partial charge in [0.15, 0.2) is 0 Å². The number of rotatable bonds is 10. The van der Waals surface area contributed by atoms with E-state index in [1.54, 1.807) is 30.0 Å². The van der Waals surface area contributed by atoms with Gasteiger partial charge in [0.05, 0.1) is 5.60 Å². The van der Waals surface area contributed by atoms with Gasteiger partial charge in [-0.25, -0.2) is 8.78 Å². The van der Waals surface area contributed by atoms with E-state index < -0.39 is 23.2 Å². The van der Waals surface area contributed by atoms with Crippen molar-refractivity contribution in [2.45, 2.75) is 51.7 Å². The topological polar surface area (TPSA) is 81.7 Å². The average molecular weight is 564 g/mol. The lowest BCUT2D eigenvalue weighted by Gasteiger charge is -2.43. The van der Waals surface area contributed by atoms with Crippen LogP contribution in [0.5, 0.6) is 0 Å². The van der Waals surface area contributed by atoms with E-state index in [9.17, 15) is 14.7 Å². The third-order valence-corrected chi connectivity index (χ3v) is 7.95. The largest absolute Gasteiger partial charge is 0.385 e. The summed E-state index contributed by atoms with van der Waals surface area (Å²) in [6.45, 7) is 5.06. The van der Waals surface area contributed by atoms with Gasteiger partial charge in [0.25, 0.3) is 5.91 Å². The van der Waals surface area contributed by atoms with Gasteiger partial charge in [-0.2, -0.15) is 0 Å². The number of carbonyl (C=O) groups is 2. The lowest BCUT2D eigenvalue weighted by molar-refractivity contribution is -0.119. The van der Waals surface area contributed by atoms with Gasteiger partial charge in [0.1, 0.15) is 11.6 Å². The van der Waals surface area contributed by atoms with Crippen LogP contribution in [0.25, 0.3) is 11.1 Å². The van der Waals surface area contributed by atoms with Gasteiger partial charge in [0, 0.05) is 55.7 Å². The van der Waals surface area contributed by atoms with Crippen LogP contribution in [0.1, 0.15) is 59.7 Å². The van der Waals surface area contributed by atoms with E-state index in [2.05, 4.69) is 10.6 Å². The first-order chi connectivity index (χ1) is 19.6. The first-order valence-corrected chi connectivity index (χ1v) is 14.2. The highest BCUT2D eigenvalue weighted by Crippen LogP contribution is 2.45. The van der Waals surface area contributed by atoms with Crippen molar-refractivity contribution < 1.29 is 23.5 Å². The van der Waals surface area contributed by atoms with Gasteiger partial charge in [-0.1, -0.05) is 35.9 Å². The number of halogens is 2. The fourth-order valence-electron chi connectivity index (χ4n) is 5.87. The molecule has 1 saturated heterocycles. The Labute approximate surface area is 240 Å². The molecule has 3 N–H and O–H groups in total. The van der Waals surface area contributed by atoms with Gasteiger partial charge < -0.3 is 20.6 Å². The Balaban J connectivity index is 1.71. The summed E-state index contributed by atoms with van der Waals surface area (Å²) in [7, 11) is 1.86. The molecular weight excluding hydrogens is 524 g/mol. The molecule has 6 nitrogen and oxygen atoms in total. The van der Waals surface area contributed by atoms with Crippen LogP contribution in [-0.4, -0.2) is 48.5 Å². The summed E-state index contributed by atoms with van der Waals surface area (Å²) in [4.78, 5) is 26.7. The van der Waals surface area contributed by atoms with Crippen LogP contribution in [0.2, 0.25) is 0 Å². The lowest BCUT2D eigenvalue weighted by Crippen LogP contribution is -2.48. The molecule has 4 rings (SSSR count). The van der Waals surface area contributed by atoms with E-state index >= 15 is 8.78 Å². The molecule has 41 heavy (non-hydrogen) atoms. The maximum absolute atomic E-state index is 15.5. The van der Waals surface area contributed by atoms with E-state index in [-0.39, 0.29) is 35.9 Å². The smallest absolute Gasteiger partial charge is 0.253 e. The first-order valence-electron chi connectivity index (χ1n) is 14.2. The number of hydrogen-bond acceptors (Lipinski definition) is 4. The van der Waals surface area contributed by atoms with Crippen molar-refractivity contribution in [2.75, 3.05) is 26.7 Å². The summed E-state index contributed by atoms with van der Waals surface area (Å²) in [5.74, 6) is -1.95. The number of benzene rings is 3. The Morgan fingerprint density at radius 1 is 1.07 bits per heavy atom. The normalized spacial score (nSPS) is 16.7. The zero-order chi connectivity index (χ0) is 29.6. The molecule has 1 aliphatic rings. The third-order valence-electron chi connectivity index (χ3n) is 7.95. The van der Waals surface area contributed by atoms with E-state index in [1.807, 2.05) is 31.3 Å². The second kappa shape index (κ2) is 13.4. The summed E-state index contributed by atoms with van der Waals surface area (Å²) in [5.41, 5.74) is 1.22. The van der Waals surface area contributed by atoms with Crippen molar-refractivity contribution in [1.29, 1.82) is 0 Å². The van der Waals surface area contributed by atoms with Gasteiger partial charge in [0.2, 0.25) is 5.91 Å². The maximum atomic E-state index is 15.5. The predicted octanol–water partition coefficient (Wildman–Crippen LogP) is 5.32. The monoisotopic (exact) mass is 563 g/mol. The molecule has 1 fully saturated rings. The Morgan fingerprint density at radius 2 is 1.83 bits per heavy atom. The number of nitrogens with zero attached hydrogens (tertiary/aromatic N) is 1. The molecule has 0 spiro atoms. The maximum Gasteiger partial charge on any atom is 0.253 e. The molecule has 218 valence electrons. The minimum Gasteiger partial charge on any atom is -0.385 e. The van der Waals surface area contributed by atoms with Crippen molar-refractivity contribution in [2.24, 2.45) is 5.92 Å². The van der Waals surface area contributed by atoms with Gasteiger partial charge in [-0.05, 0) is 81.1 Å². The second-order valence-corrected chi connectivity index (χ2v) is 11.0. The van der Waals surface area contributed by atoms with Crippen LogP contribution in [0, 0.1) is 24.5 Å². The van der Waals surface area contributed by atoms with Crippen LogP contribution in [-0.2, 0) is 16.9 Å². The van der Waals surface area contributed by atoms with Gasteiger partial charge in [-0.3, -0.25) is 9.59 Å². The summed E-state index contributed by atoms with van der Waals surface area (Å²) in [5, 5.41) is 18.4. The van der Waals surface area contributed by atoms with Crippen LogP contribution in [0.3, 0.4) is 0 Å². The van der Waals surface area contributed by atoms with Crippen molar-refractivity contribution in [3.05, 3.63) is 94.6 Å². The number of piperidine rings is 1. The van der Waals surface area contributed by atoms with Crippen LogP contribution < -0.4 is 10.6 Å².